The fourth-order valence-electron chi connectivity index (χ4n) is 5.11. The Morgan fingerprint density at radius 1 is 1.25 bits per heavy atom. The third-order valence-corrected chi connectivity index (χ3v) is 7.06. The van der Waals surface area contributed by atoms with Crippen molar-refractivity contribution in [3.8, 4) is 0 Å². The quantitative estimate of drug-likeness (QED) is 0.358. The number of hydrogen-bond donors (Lipinski definition) is 1. The molecule has 0 aromatic rings. The number of nitrogens with one attached hydrogen (secondary N) is 1. The number of methoxy groups -OCH3 is 2. The Kier molecular flexibility index (Phi) is 6.99. The maximum absolute atomic E-state index is 12.8. The largest absolute Gasteiger partial charge is 0.467 e. The van der Waals surface area contributed by atoms with Gasteiger partial charge < -0.3 is 29.0 Å². The van der Waals surface area contributed by atoms with E-state index < -0.39 is 35.2 Å². The summed E-state index contributed by atoms with van der Waals surface area (Å²) in [6, 6.07) is -0.823. The minimum atomic E-state index is -0.823. The molecular weight excluding hydrogens is 414 g/mol. The van der Waals surface area contributed by atoms with Crippen molar-refractivity contribution in [1.29, 1.82) is 0 Å². The van der Waals surface area contributed by atoms with Gasteiger partial charge in [-0.15, -0.1) is 0 Å². The van der Waals surface area contributed by atoms with Crippen molar-refractivity contribution in [2.75, 3.05) is 20.8 Å². The molecule has 3 fully saturated rings. The molecule has 2 heterocycles. The van der Waals surface area contributed by atoms with Gasteiger partial charge in [-0.25, -0.2) is 9.59 Å². The van der Waals surface area contributed by atoms with Crippen LogP contribution in [0, 0.1) is 11.3 Å². The van der Waals surface area contributed by atoms with Crippen molar-refractivity contribution in [3.05, 3.63) is 11.6 Å². The summed E-state index contributed by atoms with van der Waals surface area (Å²) in [5.41, 5.74) is 0.0398. The molecule has 1 saturated carbocycles. The van der Waals surface area contributed by atoms with Crippen molar-refractivity contribution in [1.82, 2.24) is 5.32 Å². The molecule has 1 spiro atoms. The van der Waals surface area contributed by atoms with E-state index >= 15 is 0 Å². The van der Waals surface area contributed by atoms with Gasteiger partial charge in [-0.3, -0.25) is 0 Å². The van der Waals surface area contributed by atoms with Gasteiger partial charge in [0.1, 0.15) is 29.5 Å². The molecule has 2 saturated heterocycles. The Labute approximate surface area is 191 Å². The first-order chi connectivity index (χ1) is 14.9. The van der Waals surface area contributed by atoms with E-state index in [-0.39, 0.29) is 23.7 Å². The summed E-state index contributed by atoms with van der Waals surface area (Å²) in [7, 11) is 2.94. The molecule has 8 nitrogen and oxygen atoms in total. The van der Waals surface area contributed by atoms with Crippen molar-refractivity contribution in [3.63, 3.8) is 0 Å². The summed E-state index contributed by atoms with van der Waals surface area (Å²) in [6.45, 7) is 12.5. The van der Waals surface area contributed by atoms with E-state index in [4.69, 9.17) is 23.7 Å². The van der Waals surface area contributed by atoms with Gasteiger partial charge in [0, 0.05) is 7.11 Å². The zero-order chi connectivity index (χ0) is 23.9. The molecule has 2 aliphatic heterocycles. The van der Waals surface area contributed by atoms with Crippen molar-refractivity contribution < 1.29 is 33.3 Å². The Hall–Kier alpha value is -1.64. The van der Waals surface area contributed by atoms with E-state index in [1.807, 2.05) is 20.8 Å². The van der Waals surface area contributed by atoms with E-state index in [2.05, 4.69) is 32.2 Å². The number of alkyl carbamates (subject to hydrolysis) is 1. The second kappa shape index (κ2) is 8.95. The predicted molar refractivity (Wildman–Crippen MR) is 118 cm³/mol. The van der Waals surface area contributed by atoms with Crippen LogP contribution in [0.1, 0.15) is 60.8 Å². The van der Waals surface area contributed by atoms with Gasteiger partial charge in [0.25, 0.3) is 0 Å². The molecule has 1 unspecified atom stereocenters. The third-order valence-electron chi connectivity index (χ3n) is 7.06. The van der Waals surface area contributed by atoms with Crippen LogP contribution in [-0.2, 0) is 28.5 Å². The zero-order valence-corrected chi connectivity index (χ0v) is 20.7. The number of esters is 1. The summed E-state index contributed by atoms with van der Waals surface area (Å²) in [5, 5.41) is 2.69. The highest BCUT2D eigenvalue weighted by molar-refractivity contribution is 5.82. The van der Waals surface area contributed by atoms with E-state index in [1.54, 1.807) is 7.11 Å². The average molecular weight is 454 g/mol. The lowest BCUT2D eigenvalue weighted by molar-refractivity contribution is -0.146. The van der Waals surface area contributed by atoms with Crippen molar-refractivity contribution in [2.24, 2.45) is 11.3 Å². The van der Waals surface area contributed by atoms with Crippen LogP contribution in [0.15, 0.2) is 11.6 Å². The van der Waals surface area contributed by atoms with Gasteiger partial charge >= 0.3 is 12.1 Å². The SMILES string of the molecule is COC(=O)C(NC(=O)O[C@@H]1CC[C@]2(CO2)[C@@H]([C@@]2(C)O[C@@H]2CC=C(C)C)[C@@H]1OC)C(C)(C)C. The molecule has 182 valence electrons. The molecule has 3 aliphatic rings. The van der Waals surface area contributed by atoms with Crippen LogP contribution in [0.25, 0.3) is 0 Å². The van der Waals surface area contributed by atoms with Crippen molar-refractivity contribution >= 4 is 12.1 Å². The smallest absolute Gasteiger partial charge is 0.408 e. The maximum atomic E-state index is 12.8. The van der Waals surface area contributed by atoms with E-state index in [1.165, 1.54) is 12.7 Å². The summed E-state index contributed by atoms with van der Waals surface area (Å²) >= 11 is 0. The van der Waals surface area contributed by atoms with Gasteiger partial charge in [0.15, 0.2) is 0 Å². The lowest BCUT2D eigenvalue weighted by Gasteiger charge is -2.42. The monoisotopic (exact) mass is 453 g/mol. The highest BCUT2D eigenvalue weighted by Crippen LogP contribution is 2.59. The maximum Gasteiger partial charge on any atom is 0.408 e. The lowest BCUT2D eigenvalue weighted by Crippen LogP contribution is -2.57. The van der Waals surface area contributed by atoms with Crippen LogP contribution >= 0.6 is 0 Å². The first kappa shape index (κ1) is 25.0. The molecule has 32 heavy (non-hydrogen) atoms. The second-order valence-corrected chi connectivity index (χ2v) is 10.8. The first-order valence-electron chi connectivity index (χ1n) is 11.4. The Bertz CT molecular complexity index is 750. The summed E-state index contributed by atoms with van der Waals surface area (Å²) in [5.74, 6) is -0.563. The number of ether oxygens (including phenoxy) is 5. The van der Waals surface area contributed by atoms with Gasteiger partial charge in [0.05, 0.1) is 25.7 Å². The Morgan fingerprint density at radius 3 is 2.41 bits per heavy atom. The first-order valence-corrected chi connectivity index (χ1v) is 11.4. The summed E-state index contributed by atoms with van der Waals surface area (Å²) in [4.78, 5) is 25.0. The van der Waals surface area contributed by atoms with Crippen LogP contribution in [0.4, 0.5) is 4.79 Å². The van der Waals surface area contributed by atoms with Crippen LogP contribution in [0.2, 0.25) is 0 Å². The van der Waals surface area contributed by atoms with Crippen molar-refractivity contribution in [2.45, 2.75) is 96.4 Å². The molecule has 0 bridgehead atoms. The predicted octanol–water partition coefficient (Wildman–Crippen LogP) is 3.38. The highest BCUT2D eigenvalue weighted by Gasteiger charge is 2.72. The third kappa shape index (κ3) is 4.97. The minimum Gasteiger partial charge on any atom is -0.467 e. The molecule has 1 amide bonds. The number of rotatable bonds is 7. The van der Waals surface area contributed by atoms with Crippen LogP contribution < -0.4 is 5.32 Å². The molecule has 8 heteroatoms. The number of amides is 1. The molecule has 0 radical (unpaired) electrons. The van der Waals surface area contributed by atoms with Crippen LogP contribution in [-0.4, -0.2) is 68.4 Å². The van der Waals surface area contributed by atoms with E-state index in [9.17, 15) is 9.59 Å². The number of carbonyl (C=O) groups is 2. The molecule has 1 N–H and O–H groups in total. The lowest BCUT2D eigenvalue weighted by atomic mass is 9.68. The van der Waals surface area contributed by atoms with E-state index in [0.717, 1.165) is 12.8 Å². The Balaban J connectivity index is 1.72. The number of epoxide rings is 2. The molecule has 0 aromatic heterocycles. The fraction of sp³-hybridized carbons (Fsp3) is 0.833. The average Bonchev–Trinajstić information content (AvgIpc) is 3.62. The zero-order valence-electron chi connectivity index (χ0n) is 20.7. The van der Waals surface area contributed by atoms with Crippen LogP contribution in [0.3, 0.4) is 0 Å². The van der Waals surface area contributed by atoms with Gasteiger partial charge in [-0.2, -0.15) is 0 Å². The molecule has 1 aliphatic carbocycles. The minimum absolute atomic E-state index is 0.0545. The number of hydrogen-bond acceptors (Lipinski definition) is 7. The summed E-state index contributed by atoms with van der Waals surface area (Å²) < 4.78 is 28.7. The molecule has 0 aromatic carbocycles. The number of allylic oxidation sites excluding steroid dienone is 1. The van der Waals surface area contributed by atoms with Gasteiger partial charge in [0.2, 0.25) is 0 Å². The highest BCUT2D eigenvalue weighted by atomic mass is 16.6. The molecule has 3 rings (SSSR count). The topological polar surface area (TPSA) is 98.9 Å². The Morgan fingerprint density at radius 2 is 1.91 bits per heavy atom. The van der Waals surface area contributed by atoms with Gasteiger partial charge in [-0.1, -0.05) is 32.4 Å². The van der Waals surface area contributed by atoms with E-state index in [0.29, 0.717) is 13.0 Å². The fourth-order valence-corrected chi connectivity index (χ4v) is 5.11. The molecular formula is C24H39NO7. The number of carbonyl (C=O) groups excluding carboxylic acids is 2. The molecule has 7 atom stereocenters. The standard InChI is InChI=1S/C24H39NO7/c1-14(2)9-10-16-23(6,32-16)18-17(28-7)15(11-12-24(18)13-30-24)31-21(27)25-19(20(26)29-8)22(3,4)5/h9,15-19H,10-13H2,1-8H3,(H,25,27)/t15-,16-,17-,18-,19?,23+,24+/m1/s1. The summed E-state index contributed by atoms with van der Waals surface area (Å²) in [6.07, 6.45) is 2.99. The van der Waals surface area contributed by atoms with Crippen LogP contribution in [0.5, 0.6) is 0 Å². The second-order valence-electron chi connectivity index (χ2n) is 10.8. The normalized spacial score (nSPS) is 36.8. The van der Waals surface area contributed by atoms with Gasteiger partial charge in [-0.05, 0) is 45.4 Å².